The average Bonchev–Trinajstić information content (AvgIpc) is 2.28. The first-order valence-corrected chi connectivity index (χ1v) is 5.00. The van der Waals surface area contributed by atoms with Gasteiger partial charge in [0.25, 0.3) is 0 Å². The molecule has 0 heterocycles. The maximum absolute atomic E-state index is 9.89. The van der Waals surface area contributed by atoms with E-state index < -0.39 is 12.2 Å². The molecule has 2 unspecified atom stereocenters. The summed E-state index contributed by atoms with van der Waals surface area (Å²) < 4.78 is 0. The largest absolute Gasteiger partial charge is 0.390 e. The summed E-state index contributed by atoms with van der Waals surface area (Å²) in [5.41, 5.74) is 10.7. The fourth-order valence-corrected chi connectivity index (χ4v) is 1.51. The molecule has 0 saturated carbocycles. The zero-order chi connectivity index (χ0) is 12.1. The van der Waals surface area contributed by atoms with E-state index in [1.807, 2.05) is 32.0 Å². The van der Waals surface area contributed by atoms with Crippen molar-refractivity contribution in [1.82, 2.24) is 0 Å². The molecule has 0 fully saturated rings. The van der Waals surface area contributed by atoms with Gasteiger partial charge in [0.05, 0.1) is 12.6 Å². The van der Waals surface area contributed by atoms with Crippen LogP contribution < -0.4 is 0 Å². The van der Waals surface area contributed by atoms with Crippen LogP contribution in [0.15, 0.2) is 23.3 Å². The van der Waals surface area contributed by atoms with E-state index in [0.717, 1.165) is 11.1 Å². The number of benzene rings is 1. The molecule has 5 heteroatoms. The summed E-state index contributed by atoms with van der Waals surface area (Å²) >= 11 is 0. The van der Waals surface area contributed by atoms with Crippen LogP contribution in [0, 0.1) is 13.8 Å². The van der Waals surface area contributed by atoms with Gasteiger partial charge in [0.2, 0.25) is 0 Å². The minimum Gasteiger partial charge on any atom is -0.390 e. The molecule has 0 bridgehead atoms. The normalized spacial score (nSPS) is 14.0. The first-order valence-electron chi connectivity index (χ1n) is 5.00. The van der Waals surface area contributed by atoms with Gasteiger partial charge in [-0.2, -0.15) is 0 Å². The van der Waals surface area contributed by atoms with Crippen molar-refractivity contribution < 1.29 is 10.2 Å². The lowest BCUT2D eigenvalue weighted by atomic mass is 9.97. The average molecular weight is 221 g/mol. The zero-order valence-electron chi connectivity index (χ0n) is 9.33. The summed E-state index contributed by atoms with van der Waals surface area (Å²) in [7, 11) is 0. The molecule has 2 N–H and O–H groups in total. The van der Waals surface area contributed by atoms with Crippen molar-refractivity contribution in [3.63, 3.8) is 0 Å². The molecule has 0 aliphatic rings. The number of rotatable bonds is 4. The minimum absolute atomic E-state index is 0.134. The van der Waals surface area contributed by atoms with Crippen LogP contribution in [0.25, 0.3) is 10.4 Å². The number of aliphatic hydroxyl groups is 2. The summed E-state index contributed by atoms with van der Waals surface area (Å²) in [6.07, 6.45) is -2.10. The Hall–Kier alpha value is -1.55. The second kappa shape index (κ2) is 5.51. The summed E-state index contributed by atoms with van der Waals surface area (Å²) in [4.78, 5) is 2.55. The van der Waals surface area contributed by atoms with Gasteiger partial charge in [-0.1, -0.05) is 28.9 Å². The van der Waals surface area contributed by atoms with Crippen molar-refractivity contribution >= 4 is 0 Å². The Balaban J connectivity index is 2.90. The Labute approximate surface area is 94.0 Å². The van der Waals surface area contributed by atoms with Crippen LogP contribution in [0.2, 0.25) is 0 Å². The fraction of sp³-hybridized carbons (Fsp3) is 0.455. The van der Waals surface area contributed by atoms with Crippen LogP contribution in [0.1, 0.15) is 22.8 Å². The van der Waals surface area contributed by atoms with E-state index in [4.69, 9.17) is 5.53 Å². The molecule has 0 amide bonds. The van der Waals surface area contributed by atoms with Gasteiger partial charge >= 0.3 is 0 Å². The van der Waals surface area contributed by atoms with Gasteiger partial charge in [-0.25, -0.2) is 0 Å². The van der Waals surface area contributed by atoms with Crippen molar-refractivity contribution in [3.05, 3.63) is 45.3 Å². The number of azide groups is 1. The van der Waals surface area contributed by atoms with Crippen molar-refractivity contribution in [3.8, 4) is 0 Å². The highest BCUT2D eigenvalue weighted by atomic mass is 16.3. The van der Waals surface area contributed by atoms with Gasteiger partial charge in [-0.05, 0) is 30.5 Å². The standard InChI is InChI=1S/C11H15N3O2/c1-7-3-4-8(2)9(5-7)11(16)10(15)6-13-14-12/h3-5,10-11,15-16H,6H2,1-2H3. The Bertz CT molecular complexity index is 414. The van der Waals surface area contributed by atoms with Crippen molar-refractivity contribution in [2.75, 3.05) is 6.54 Å². The predicted octanol–water partition coefficient (Wildman–Crippen LogP) is 2.01. The maximum atomic E-state index is 9.89. The smallest absolute Gasteiger partial charge is 0.105 e. The fourth-order valence-electron chi connectivity index (χ4n) is 1.51. The third-order valence-electron chi connectivity index (χ3n) is 2.45. The SMILES string of the molecule is Cc1ccc(C)c(C(O)C(O)CN=[N+]=[N-])c1. The number of hydrogen-bond acceptors (Lipinski definition) is 3. The molecule has 1 rings (SSSR count). The van der Waals surface area contributed by atoms with E-state index in [-0.39, 0.29) is 6.54 Å². The zero-order valence-corrected chi connectivity index (χ0v) is 9.33. The molecule has 2 atom stereocenters. The summed E-state index contributed by atoms with van der Waals surface area (Å²) in [6, 6.07) is 5.64. The molecule has 1 aromatic carbocycles. The quantitative estimate of drug-likeness (QED) is 0.462. The van der Waals surface area contributed by atoms with Crippen LogP contribution in [-0.2, 0) is 0 Å². The molecule has 1 aromatic rings. The predicted molar refractivity (Wildman–Crippen MR) is 60.9 cm³/mol. The second-order valence-corrected chi connectivity index (χ2v) is 3.79. The van der Waals surface area contributed by atoms with Gasteiger partial charge in [0.1, 0.15) is 6.10 Å². The third-order valence-corrected chi connectivity index (χ3v) is 2.45. The van der Waals surface area contributed by atoms with E-state index in [9.17, 15) is 10.2 Å². The first-order chi connectivity index (χ1) is 7.56. The van der Waals surface area contributed by atoms with Crippen LogP contribution >= 0.6 is 0 Å². The first kappa shape index (κ1) is 12.5. The summed E-state index contributed by atoms with van der Waals surface area (Å²) in [6.45, 7) is 3.64. The number of hydrogen-bond donors (Lipinski definition) is 2. The highest BCUT2D eigenvalue weighted by molar-refractivity contribution is 5.32. The molecule has 0 aliphatic heterocycles. The number of aliphatic hydroxyl groups excluding tert-OH is 2. The molecule has 0 spiro atoms. The van der Waals surface area contributed by atoms with E-state index in [2.05, 4.69) is 10.0 Å². The van der Waals surface area contributed by atoms with Gasteiger partial charge in [-0.3, -0.25) is 0 Å². The molecule has 0 saturated heterocycles. The third kappa shape index (κ3) is 2.97. The van der Waals surface area contributed by atoms with E-state index in [1.54, 1.807) is 0 Å². The number of aryl methyl sites for hydroxylation is 2. The highest BCUT2D eigenvalue weighted by Gasteiger charge is 2.19. The number of nitrogens with zero attached hydrogens (tertiary/aromatic N) is 3. The van der Waals surface area contributed by atoms with Crippen LogP contribution in [0.3, 0.4) is 0 Å². The molecule has 0 aromatic heterocycles. The van der Waals surface area contributed by atoms with Crippen molar-refractivity contribution in [2.24, 2.45) is 5.11 Å². The van der Waals surface area contributed by atoms with Gasteiger partial charge in [0, 0.05) is 4.91 Å². The maximum Gasteiger partial charge on any atom is 0.105 e. The van der Waals surface area contributed by atoms with Gasteiger partial charge < -0.3 is 10.2 Å². The highest BCUT2D eigenvalue weighted by Crippen LogP contribution is 2.22. The Morgan fingerprint density at radius 3 is 2.69 bits per heavy atom. The molecule has 16 heavy (non-hydrogen) atoms. The lowest BCUT2D eigenvalue weighted by Gasteiger charge is -2.18. The Kier molecular flexibility index (Phi) is 4.31. The van der Waals surface area contributed by atoms with E-state index in [1.165, 1.54) is 0 Å². The molecule has 86 valence electrons. The van der Waals surface area contributed by atoms with Gasteiger partial charge in [0.15, 0.2) is 0 Å². The lowest BCUT2D eigenvalue weighted by molar-refractivity contribution is 0.0240. The molecule has 0 radical (unpaired) electrons. The molecule has 0 aliphatic carbocycles. The Morgan fingerprint density at radius 1 is 1.38 bits per heavy atom. The molecular formula is C11H15N3O2. The van der Waals surface area contributed by atoms with Gasteiger partial charge in [-0.15, -0.1) is 0 Å². The second-order valence-electron chi connectivity index (χ2n) is 3.79. The molecular weight excluding hydrogens is 206 g/mol. The minimum atomic E-state index is -1.07. The topological polar surface area (TPSA) is 89.2 Å². The van der Waals surface area contributed by atoms with E-state index in [0.29, 0.717) is 5.56 Å². The summed E-state index contributed by atoms with van der Waals surface area (Å²) in [5.74, 6) is 0. The summed E-state index contributed by atoms with van der Waals surface area (Å²) in [5, 5.41) is 22.7. The molecule has 5 nitrogen and oxygen atoms in total. The Morgan fingerprint density at radius 2 is 2.06 bits per heavy atom. The van der Waals surface area contributed by atoms with Crippen molar-refractivity contribution in [2.45, 2.75) is 26.1 Å². The lowest BCUT2D eigenvalue weighted by Crippen LogP contribution is -2.21. The monoisotopic (exact) mass is 221 g/mol. The van der Waals surface area contributed by atoms with Crippen LogP contribution in [-0.4, -0.2) is 22.9 Å². The van der Waals surface area contributed by atoms with Crippen LogP contribution in [0.4, 0.5) is 0 Å². The van der Waals surface area contributed by atoms with Crippen LogP contribution in [0.5, 0.6) is 0 Å². The van der Waals surface area contributed by atoms with Crippen molar-refractivity contribution in [1.29, 1.82) is 0 Å². The van der Waals surface area contributed by atoms with E-state index >= 15 is 0 Å².